The van der Waals surface area contributed by atoms with Crippen LogP contribution >= 0.6 is 0 Å². The summed E-state index contributed by atoms with van der Waals surface area (Å²) >= 11 is 0. The van der Waals surface area contributed by atoms with Crippen LogP contribution in [0.15, 0.2) is 28.4 Å². The highest BCUT2D eigenvalue weighted by molar-refractivity contribution is 5.55. The quantitative estimate of drug-likeness (QED) is 0.410. The summed E-state index contributed by atoms with van der Waals surface area (Å²) in [4.78, 5) is 4.11. The summed E-state index contributed by atoms with van der Waals surface area (Å²) in [5, 5.41) is 0. The second kappa shape index (κ2) is 4.98. The van der Waals surface area contributed by atoms with E-state index in [0.717, 1.165) is 5.70 Å². The molecule has 1 heteroatoms. The summed E-state index contributed by atoms with van der Waals surface area (Å²) < 4.78 is 0. The van der Waals surface area contributed by atoms with Gasteiger partial charge in [-0.15, -0.1) is 0 Å². The van der Waals surface area contributed by atoms with E-state index < -0.39 is 0 Å². The van der Waals surface area contributed by atoms with E-state index in [1.54, 1.807) is 6.21 Å². The summed E-state index contributed by atoms with van der Waals surface area (Å²) in [5.41, 5.74) is 2.31. The van der Waals surface area contributed by atoms with Gasteiger partial charge in [-0.25, -0.2) is 0 Å². The molecule has 0 aliphatic heterocycles. The Morgan fingerprint density at radius 2 is 1.80 bits per heavy atom. The second-order valence-corrected chi connectivity index (χ2v) is 2.21. The number of aliphatic imine (C=N–C) groups is 1. The van der Waals surface area contributed by atoms with Crippen LogP contribution in [0.2, 0.25) is 0 Å². The van der Waals surface area contributed by atoms with Gasteiger partial charge in [0.1, 0.15) is 0 Å². The molecule has 56 valence electrons. The topological polar surface area (TPSA) is 12.4 Å². The van der Waals surface area contributed by atoms with Gasteiger partial charge in [0.2, 0.25) is 0 Å². The molecule has 0 atom stereocenters. The molecule has 0 unspecified atom stereocenters. The molecule has 0 aromatic heterocycles. The van der Waals surface area contributed by atoms with Gasteiger partial charge in [0.25, 0.3) is 0 Å². The molecule has 0 saturated carbocycles. The summed E-state index contributed by atoms with van der Waals surface area (Å²) in [5.74, 6) is 0. The zero-order valence-electron chi connectivity index (χ0n) is 7.18. The van der Waals surface area contributed by atoms with Crippen LogP contribution in [0.1, 0.15) is 27.7 Å². The van der Waals surface area contributed by atoms with Gasteiger partial charge in [-0.05, 0) is 33.8 Å². The maximum atomic E-state index is 4.11. The summed E-state index contributed by atoms with van der Waals surface area (Å²) in [6.07, 6.45) is 5.92. The van der Waals surface area contributed by atoms with Crippen molar-refractivity contribution in [3.63, 3.8) is 0 Å². The molecule has 1 nitrogen and oxygen atoms in total. The smallest absolute Gasteiger partial charge is 0.0371 e. The minimum Gasteiger partial charge on any atom is -0.266 e. The van der Waals surface area contributed by atoms with Crippen molar-refractivity contribution < 1.29 is 0 Å². The summed E-state index contributed by atoms with van der Waals surface area (Å²) in [6.45, 7) is 8.00. The van der Waals surface area contributed by atoms with Crippen LogP contribution in [-0.2, 0) is 0 Å². The fraction of sp³-hybridized carbons (Fsp3) is 0.444. The fourth-order valence-corrected chi connectivity index (χ4v) is 0.654. The molecule has 0 rings (SSSR count). The second-order valence-electron chi connectivity index (χ2n) is 2.21. The molecule has 0 aliphatic rings. The first kappa shape index (κ1) is 9.15. The Morgan fingerprint density at radius 1 is 1.20 bits per heavy atom. The van der Waals surface area contributed by atoms with Gasteiger partial charge >= 0.3 is 0 Å². The van der Waals surface area contributed by atoms with Crippen LogP contribution in [0.5, 0.6) is 0 Å². The van der Waals surface area contributed by atoms with Gasteiger partial charge in [0, 0.05) is 11.9 Å². The Balaban J connectivity index is 4.16. The number of hydrogen-bond acceptors (Lipinski definition) is 1. The number of allylic oxidation sites excluding steroid dienone is 4. The standard InChI is InChI=1S/C9H15N/c1-5-8(3)7-9(4)10-6-2/h5-7H,1-4H3/b8-5+,9-7-,10-6?. The van der Waals surface area contributed by atoms with Crippen LogP contribution in [0.3, 0.4) is 0 Å². The van der Waals surface area contributed by atoms with E-state index in [4.69, 9.17) is 0 Å². The van der Waals surface area contributed by atoms with Crippen LogP contribution < -0.4 is 0 Å². The molecule has 0 bridgehead atoms. The average molecular weight is 137 g/mol. The predicted octanol–water partition coefficient (Wildman–Crippen LogP) is 2.95. The van der Waals surface area contributed by atoms with Crippen molar-refractivity contribution in [2.45, 2.75) is 27.7 Å². The minimum atomic E-state index is 1.05. The predicted molar refractivity (Wildman–Crippen MR) is 47.4 cm³/mol. The Labute approximate surface area is 63.2 Å². The largest absolute Gasteiger partial charge is 0.266 e. The van der Waals surface area contributed by atoms with Gasteiger partial charge < -0.3 is 0 Å². The normalized spacial score (nSPS) is 14.8. The zero-order chi connectivity index (χ0) is 7.98. The van der Waals surface area contributed by atoms with Crippen molar-refractivity contribution in [1.82, 2.24) is 0 Å². The minimum absolute atomic E-state index is 1.05. The van der Waals surface area contributed by atoms with Crippen LogP contribution in [0, 0.1) is 0 Å². The van der Waals surface area contributed by atoms with Gasteiger partial charge in [0.15, 0.2) is 0 Å². The molecule has 0 heterocycles. The van der Waals surface area contributed by atoms with Crippen molar-refractivity contribution in [3.8, 4) is 0 Å². The maximum absolute atomic E-state index is 4.11. The third-order valence-electron chi connectivity index (χ3n) is 1.22. The van der Waals surface area contributed by atoms with Crippen molar-refractivity contribution >= 4 is 6.21 Å². The maximum Gasteiger partial charge on any atom is 0.0371 e. The molecule has 0 N–H and O–H groups in total. The lowest BCUT2D eigenvalue weighted by atomic mass is 10.2. The monoisotopic (exact) mass is 137 g/mol. The highest BCUT2D eigenvalue weighted by Crippen LogP contribution is 2.01. The number of rotatable bonds is 2. The number of nitrogens with zero attached hydrogens (tertiary/aromatic N) is 1. The van der Waals surface area contributed by atoms with Crippen molar-refractivity contribution in [3.05, 3.63) is 23.4 Å². The molecule has 10 heavy (non-hydrogen) atoms. The Hall–Kier alpha value is -0.850. The Kier molecular flexibility index (Phi) is 4.55. The first-order valence-corrected chi connectivity index (χ1v) is 3.50. The van der Waals surface area contributed by atoms with Gasteiger partial charge in [-0.3, -0.25) is 4.99 Å². The molecule has 0 aromatic carbocycles. The molecule has 0 fully saturated rings. The highest BCUT2D eigenvalue weighted by Gasteiger charge is 1.81. The van der Waals surface area contributed by atoms with E-state index in [0.29, 0.717) is 0 Å². The van der Waals surface area contributed by atoms with Gasteiger partial charge in [-0.1, -0.05) is 11.6 Å². The first-order chi connectivity index (χ1) is 4.70. The molecule has 0 spiro atoms. The van der Waals surface area contributed by atoms with Gasteiger partial charge in [0.05, 0.1) is 0 Å². The molecule has 0 aromatic rings. The fourth-order valence-electron chi connectivity index (χ4n) is 0.654. The van der Waals surface area contributed by atoms with E-state index in [9.17, 15) is 0 Å². The van der Waals surface area contributed by atoms with Crippen LogP contribution in [-0.4, -0.2) is 6.21 Å². The first-order valence-electron chi connectivity index (χ1n) is 3.50. The lowest BCUT2D eigenvalue weighted by Gasteiger charge is -1.91. The van der Waals surface area contributed by atoms with E-state index in [1.165, 1.54) is 5.57 Å². The lowest BCUT2D eigenvalue weighted by Crippen LogP contribution is -1.72. The van der Waals surface area contributed by atoms with Crippen LogP contribution in [0.25, 0.3) is 0 Å². The molecule has 0 aliphatic carbocycles. The summed E-state index contributed by atoms with van der Waals surface area (Å²) in [7, 11) is 0. The third kappa shape index (κ3) is 4.07. The Bertz CT molecular complexity index is 173. The van der Waals surface area contributed by atoms with E-state index in [1.807, 2.05) is 20.8 Å². The van der Waals surface area contributed by atoms with E-state index in [-0.39, 0.29) is 0 Å². The lowest BCUT2D eigenvalue weighted by molar-refractivity contribution is 1.28. The van der Waals surface area contributed by atoms with Crippen molar-refractivity contribution in [1.29, 1.82) is 0 Å². The zero-order valence-corrected chi connectivity index (χ0v) is 7.18. The van der Waals surface area contributed by atoms with Crippen LogP contribution in [0.4, 0.5) is 0 Å². The third-order valence-corrected chi connectivity index (χ3v) is 1.22. The molecular formula is C9H15N. The average Bonchev–Trinajstić information content (AvgIpc) is 1.88. The molecular weight excluding hydrogens is 122 g/mol. The molecule has 0 amide bonds. The molecule has 0 saturated heterocycles. The SMILES string of the molecule is CC=N/C(C)=C\C(C)=C\C. The molecule has 0 radical (unpaired) electrons. The van der Waals surface area contributed by atoms with Crippen molar-refractivity contribution in [2.75, 3.05) is 0 Å². The Morgan fingerprint density at radius 3 is 2.20 bits per heavy atom. The van der Waals surface area contributed by atoms with E-state index >= 15 is 0 Å². The van der Waals surface area contributed by atoms with E-state index in [2.05, 4.69) is 24.1 Å². The van der Waals surface area contributed by atoms with Crippen molar-refractivity contribution in [2.24, 2.45) is 4.99 Å². The van der Waals surface area contributed by atoms with Gasteiger partial charge in [-0.2, -0.15) is 0 Å². The number of hydrogen-bond donors (Lipinski definition) is 0. The summed E-state index contributed by atoms with van der Waals surface area (Å²) in [6, 6.07) is 0. The highest BCUT2D eigenvalue weighted by atomic mass is 14.7.